The van der Waals surface area contributed by atoms with E-state index >= 15 is 0 Å². The first-order chi connectivity index (χ1) is 8.18. The number of benzene rings is 2. The first kappa shape index (κ1) is 14.1. The minimum Gasteiger partial charge on any atom is -0.548 e. The van der Waals surface area contributed by atoms with Crippen LogP contribution in [-0.4, -0.2) is 17.5 Å². The Hall–Kier alpha value is -0.304. The molecule has 0 bridgehead atoms. The van der Waals surface area contributed by atoms with E-state index in [-0.39, 0.29) is 57.9 Å². The average molecular weight is 281 g/mol. The van der Waals surface area contributed by atoms with Crippen molar-refractivity contribution in [2.45, 2.75) is 0 Å². The quantitative estimate of drug-likeness (QED) is 0.476. The van der Waals surface area contributed by atoms with Gasteiger partial charge in [-0.15, -0.1) is 0 Å². The molecule has 0 spiro atoms. The first-order valence-electron chi connectivity index (χ1n) is 5.22. The Labute approximate surface area is 152 Å². The van der Waals surface area contributed by atoms with Crippen LogP contribution in [0.1, 0.15) is 5.56 Å². The summed E-state index contributed by atoms with van der Waals surface area (Å²) < 4.78 is 0. The van der Waals surface area contributed by atoms with Crippen molar-refractivity contribution >= 4 is 39.6 Å². The Kier molecular flexibility index (Phi) is 4.20. The molecule has 1 aliphatic heterocycles. The summed E-state index contributed by atoms with van der Waals surface area (Å²) >= 11 is 5.31. The van der Waals surface area contributed by atoms with Gasteiger partial charge in [0, 0.05) is 10.9 Å². The number of hydrogen-bond acceptors (Lipinski definition) is 3. The van der Waals surface area contributed by atoms with Crippen LogP contribution in [0.4, 0.5) is 5.69 Å². The molecule has 0 N–H and O–H groups in total. The van der Waals surface area contributed by atoms with Gasteiger partial charge in [0.25, 0.3) is 0 Å². The monoisotopic (exact) mass is 281 g/mol. The molecule has 0 radical (unpaired) electrons. The molecular formula is C13H8KNO2S. The van der Waals surface area contributed by atoms with Crippen LogP contribution in [0.15, 0.2) is 36.4 Å². The maximum absolute atomic E-state index is 10.8. The van der Waals surface area contributed by atoms with Gasteiger partial charge in [0.15, 0.2) is 0 Å². The second kappa shape index (κ2) is 5.36. The van der Waals surface area contributed by atoms with Gasteiger partial charge < -0.3 is 14.8 Å². The molecule has 2 aromatic carbocycles. The van der Waals surface area contributed by atoms with Crippen molar-refractivity contribution in [1.29, 1.82) is 0 Å². The molecule has 0 aromatic heterocycles. The Morgan fingerprint density at radius 2 is 1.89 bits per heavy atom. The van der Waals surface area contributed by atoms with E-state index in [0.29, 0.717) is 4.99 Å². The van der Waals surface area contributed by atoms with Crippen LogP contribution < -0.4 is 61.4 Å². The smallest absolute Gasteiger partial charge is 0.548 e. The van der Waals surface area contributed by atoms with E-state index in [2.05, 4.69) is 0 Å². The van der Waals surface area contributed by atoms with Gasteiger partial charge in [0.05, 0.1) is 18.2 Å². The normalized spacial score (nSPS) is 12.7. The van der Waals surface area contributed by atoms with Crippen molar-refractivity contribution in [3.8, 4) is 0 Å². The molecule has 3 rings (SSSR count). The van der Waals surface area contributed by atoms with Crippen molar-refractivity contribution in [2.24, 2.45) is 0 Å². The molecule has 1 heterocycles. The van der Waals surface area contributed by atoms with Crippen molar-refractivity contribution in [2.75, 3.05) is 11.4 Å². The molecular weight excluding hydrogens is 273 g/mol. The summed E-state index contributed by atoms with van der Waals surface area (Å²) in [5, 5.41) is 12.9. The van der Waals surface area contributed by atoms with Crippen molar-refractivity contribution < 1.29 is 61.3 Å². The minimum atomic E-state index is -1.13. The fourth-order valence-electron chi connectivity index (χ4n) is 2.27. The van der Waals surface area contributed by atoms with Gasteiger partial charge >= 0.3 is 51.4 Å². The zero-order valence-electron chi connectivity index (χ0n) is 9.84. The first-order valence-corrected chi connectivity index (χ1v) is 5.63. The summed E-state index contributed by atoms with van der Waals surface area (Å²) in [6.07, 6.45) is 0. The maximum Gasteiger partial charge on any atom is 1.00 e. The van der Waals surface area contributed by atoms with Crippen LogP contribution in [-0.2, 0) is 4.79 Å². The van der Waals surface area contributed by atoms with Gasteiger partial charge in [0.2, 0.25) is 0 Å². The molecule has 84 valence electrons. The SMILES string of the molecule is O=C([O-])CN1C(=S)c2cccc3cccc1c23.[K+]. The number of aliphatic carboxylic acids is 1. The largest absolute Gasteiger partial charge is 1.00 e. The molecule has 0 saturated carbocycles. The minimum absolute atomic E-state index is 0. The second-order valence-corrected chi connectivity index (χ2v) is 4.33. The molecule has 0 saturated heterocycles. The molecule has 3 nitrogen and oxygen atoms in total. The van der Waals surface area contributed by atoms with Crippen LogP contribution in [0.3, 0.4) is 0 Å². The topological polar surface area (TPSA) is 43.4 Å². The van der Waals surface area contributed by atoms with Gasteiger partial charge in [-0.2, -0.15) is 0 Å². The number of carbonyl (C=O) groups is 1. The molecule has 2 aromatic rings. The van der Waals surface area contributed by atoms with Crippen LogP contribution in [0.2, 0.25) is 0 Å². The number of rotatable bonds is 2. The van der Waals surface area contributed by atoms with E-state index in [4.69, 9.17) is 12.2 Å². The Balaban J connectivity index is 0.00000120. The number of nitrogens with zero attached hydrogens (tertiary/aromatic N) is 1. The third kappa shape index (κ3) is 2.15. The summed E-state index contributed by atoms with van der Waals surface area (Å²) in [5.41, 5.74) is 1.78. The summed E-state index contributed by atoms with van der Waals surface area (Å²) in [5.74, 6) is -1.13. The Bertz CT molecular complexity index is 651. The zero-order chi connectivity index (χ0) is 12.0. The van der Waals surface area contributed by atoms with Gasteiger partial charge in [0.1, 0.15) is 4.99 Å². The van der Waals surface area contributed by atoms with Crippen LogP contribution in [0.25, 0.3) is 10.8 Å². The van der Waals surface area contributed by atoms with E-state index < -0.39 is 5.97 Å². The van der Waals surface area contributed by atoms with E-state index in [9.17, 15) is 9.90 Å². The molecule has 1 aliphatic rings. The van der Waals surface area contributed by atoms with E-state index in [0.717, 1.165) is 22.0 Å². The van der Waals surface area contributed by atoms with E-state index in [1.165, 1.54) is 0 Å². The average Bonchev–Trinajstić information content (AvgIpc) is 2.57. The maximum atomic E-state index is 10.8. The van der Waals surface area contributed by atoms with Gasteiger partial charge in [-0.1, -0.05) is 42.5 Å². The number of carboxylic acids is 1. The Morgan fingerprint density at radius 1 is 1.22 bits per heavy atom. The van der Waals surface area contributed by atoms with Gasteiger partial charge in [-0.3, -0.25) is 0 Å². The summed E-state index contributed by atoms with van der Waals surface area (Å²) in [6, 6.07) is 11.6. The predicted molar refractivity (Wildman–Crippen MR) is 68.0 cm³/mol. The number of hydrogen-bond donors (Lipinski definition) is 0. The number of thiocarbonyl (C=S) groups is 1. The van der Waals surface area contributed by atoms with Crippen LogP contribution >= 0.6 is 12.2 Å². The molecule has 0 fully saturated rings. The zero-order valence-corrected chi connectivity index (χ0v) is 13.8. The van der Waals surface area contributed by atoms with Crippen molar-refractivity contribution in [3.63, 3.8) is 0 Å². The summed E-state index contributed by atoms with van der Waals surface area (Å²) in [4.78, 5) is 12.9. The molecule has 0 atom stereocenters. The fourth-order valence-corrected chi connectivity index (χ4v) is 2.60. The van der Waals surface area contributed by atoms with Crippen LogP contribution in [0.5, 0.6) is 0 Å². The molecule has 0 aliphatic carbocycles. The predicted octanol–water partition coefficient (Wildman–Crippen LogP) is -1.91. The summed E-state index contributed by atoms with van der Waals surface area (Å²) in [6.45, 7) is -0.202. The van der Waals surface area contributed by atoms with E-state index in [1.807, 2.05) is 36.4 Å². The number of carbonyl (C=O) groups excluding carboxylic acids is 1. The third-order valence-electron chi connectivity index (χ3n) is 2.94. The number of anilines is 1. The molecule has 0 amide bonds. The molecule has 0 unspecified atom stereocenters. The molecule has 18 heavy (non-hydrogen) atoms. The fraction of sp³-hybridized carbons (Fsp3) is 0.0769. The second-order valence-electron chi connectivity index (χ2n) is 3.94. The third-order valence-corrected chi connectivity index (χ3v) is 3.38. The van der Waals surface area contributed by atoms with Gasteiger partial charge in [-0.25, -0.2) is 0 Å². The van der Waals surface area contributed by atoms with Crippen LogP contribution in [0, 0.1) is 0 Å². The summed E-state index contributed by atoms with van der Waals surface area (Å²) in [7, 11) is 0. The number of carboxylic acid groups (broad SMARTS) is 1. The standard InChI is InChI=1S/C13H9NO2S.K/c15-11(16)7-14-10-6-2-4-8-3-1-5-9(12(8)10)13(14)17;/h1-6H,7H2,(H,15,16);/q;+1/p-1. The van der Waals surface area contributed by atoms with Crippen molar-refractivity contribution in [1.82, 2.24) is 0 Å². The van der Waals surface area contributed by atoms with Gasteiger partial charge in [-0.05, 0) is 11.5 Å². The van der Waals surface area contributed by atoms with E-state index in [1.54, 1.807) is 4.90 Å². The molecule has 5 heteroatoms. The van der Waals surface area contributed by atoms with Crippen molar-refractivity contribution in [3.05, 3.63) is 42.0 Å². The Morgan fingerprint density at radius 3 is 2.56 bits per heavy atom.